The van der Waals surface area contributed by atoms with E-state index in [0.717, 1.165) is 32.1 Å². The monoisotopic (exact) mass is 241 g/mol. The lowest BCUT2D eigenvalue weighted by molar-refractivity contribution is -0.124. The average Bonchev–Trinajstić information content (AvgIpc) is 2.30. The van der Waals surface area contributed by atoms with E-state index >= 15 is 0 Å². The van der Waals surface area contributed by atoms with E-state index in [0.29, 0.717) is 6.42 Å². The maximum Gasteiger partial charge on any atom is 0.237 e. The van der Waals surface area contributed by atoms with Gasteiger partial charge in [0.15, 0.2) is 0 Å². The van der Waals surface area contributed by atoms with Crippen LogP contribution in [0.5, 0.6) is 0 Å². The highest BCUT2D eigenvalue weighted by molar-refractivity contribution is 5.81. The second-order valence-electron chi connectivity index (χ2n) is 4.85. The standard InChI is InChI=1S/C12H23N3O2/c1-2-3-10(13)12(17)15-9-6-4-8(5-7-9)11(14)16/h8-10H,2-7,13H2,1H3,(H2,14,16)(H,15,17)/t8?,9?,10-/m0/s1. The molecular weight excluding hydrogens is 218 g/mol. The molecule has 0 aromatic rings. The van der Waals surface area contributed by atoms with Crippen LogP contribution in [0.25, 0.3) is 0 Å². The van der Waals surface area contributed by atoms with Crippen LogP contribution in [-0.4, -0.2) is 23.9 Å². The number of carbonyl (C=O) groups excluding carboxylic acids is 2. The first-order chi connectivity index (χ1) is 8.04. The Bertz CT molecular complexity index is 273. The quantitative estimate of drug-likeness (QED) is 0.644. The maximum atomic E-state index is 11.7. The SMILES string of the molecule is CCC[C@H](N)C(=O)NC1CCC(C(N)=O)CC1. The van der Waals surface area contributed by atoms with E-state index in [1.54, 1.807) is 0 Å². The summed E-state index contributed by atoms with van der Waals surface area (Å²) in [5, 5.41) is 2.95. The second kappa shape index (κ2) is 6.59. The average molecular weight is 241 g/mol. The van der Waals surface area contributed by atoms with Crippen LogP contribution in [0.4, 0.5) is 0 Å². The van der Waals surface area contributed by atoms with Gasteiger partial charge in [-0.05, 0) is 32.1 Å². The molecular formula is C12H23N3O2. The third kappa shape index (κ3) is 4.34. The molecule has 1 fully saturated rings. The molecule has 5 N–H and O–H groups in total. The van der Waals surface area contributed by atoms with Gasteiger partial charge in [-0.15, -0.1) is 0 Å². The second-order valence-corrected chi connectivity index (χ2v) is 4.85. The van der Waals surface area contributed by atoms with E-state index in [9.17, 15) is 9.59 Å². The summed E-state index contributed by atoms with van der Waals surface area (Å²) in [5.41, 5.74) is 11.0. The smallest absolute Gasteiger partial charge is 0.237 e. The normalized spacial score (nSPS) is 26.2. The Balaban J connectivity index is 2.30. The minimum Gasteiger partial charge on any atom is -0.369 e. The number of nitrogens with two attached hydrogens (primary N) is 2. The maximum absolute atomic E-state index is 11.7. The van der Waals surface area contributed by atoms with Crippen molar-refractivity contribution < 1.29 is 9.59 Å². The lowest BCUT2D eigenvalue weighted by Crippen LogP contribution is -2.47. The Labute approximate surface area is 102 Å². The van der Waals surface area contributed by atoms with Crippen molar-refractivity contribution in [1.82, 2.24) is 5.32 Å². The van der Waals surface area contributed by atoms with E-state index < -0.39 is 6.04 Å². The van der Waals surface area contributed by atoms with Gasteiger partial charge < -0.3 is 16.8 Å². The van der Waals surface area contributed by atoms with Gasteiger partial charge in [-0.2, -0.15) is 0 Å². The van der Waals surface area contributed by atoms with Crippen molar-refractivity contribution in [2.45, 2.75) is 57.5 Å². The number of carbonyl (C=O) groups is 2. The number of primary amides is 1. The Morgan fingerprint density at radius 1 is 1.29 bits per heavy atom. The van der Waals surface area contributed by atoms with Crippen molar-refractivity contribution in [2.24, 2.45) is 17.4 Å². The first kappa shape index (κ1) is 14.0. The number of amides is 2. The lowest BCUT2D eigenvalue weighted by atomic mass is 9.85. The highest BCUT2D eigenvalue weighted by atomic mass is 16.2. The molecule has 0 aromatic heterocycles. The van der Waals surface area contributed by atoms with Gasteiger partial charge >= 0.3 is 0 Å². The number of hydrogen-bond acceptors (Lipinski definition) is 3. The molecule has 0 heterocycles. The Kier molecular flexibility index (Phi) is 5.41. The van der Waals surface area contributed by atoms with Crippen molar-refractivity contribution in [1.29, 1.82) is 0 Å². The molecule has 0 saturated heterocycles. The lowest BCUT2D eigenvalue weighted by Gasteiger charge is -2.28. The molecule has 17 heavy (non-hydrogen) atoms. The highest BCUT2D eigenvalue weighted by Gasteiger charge is 2.26. The molecule has 0 spiro atoms. The molecule has 1 atom stereocenters. The van der Waals surface area contributed by atoms with E-state index in [4.69, 9.17) is 11.5 Å². The fourth-order valence-corrected chi connectivity index (χ4v) is 2.27. The predicted octanol–water partition coefficient (Wildman–Crippen LogP) is 0.274. The molecule has 1 aliphatic carbocycles. The molecule has 98 valence electrons. The summed E-state index contributed by atoms with van der Waals surface area (Å²) in [6.07, 6.45) is 4.79. The van der Waals surface area contributed by atoms with Crippen LogP contribution in [0, 0.1) is 5.92 Å². The van der Waals surface area contributed by atoms with Crippen LogP contribution in [0.2, 0.25) is 0 Å². The van der Waals surface area contributed by atoms with Crippen molar-refractivity contribution in [3.8, 4) is 0 Å². The van der Waals surface area contributed by atoms with Gasteiger partial charge in [0.05, 0.1) is 6.04 Å². The van der Waals surface area contributed by atoms with Gasteiger partial charge in [0, 0.05) is 12.0 Å². The summed E-state index contributed by atoms with van der Waals surface area (Å²) >= 11 is 0. The molecule has 0 bridgehead atoms. The van der Waals surface area contributed by atoms with Gasteiger partial charge in [-0.1, -0.05) is 13.3 Å². The van der Waals surface area contributed by atoms with Gasteiger partial charge in [0.1, 0.15) is 0 Å². The zero-order valence-electron chi connectivity index (χ0n) is 10.4. The summed E-state index contributed by atoms with van der Waals surface area (Å²) in [5.74, 6) is -0.320. The van der Waals surface area contributed by atoms with Crippen LogP contribution in [0.1, 0.15) is 45.4 Å². The molecule has 0 unspecified atom stereocenters. The number of nitrogens with one attached hydrogen (secondary N) is 1. The zero-order valence-corrected chi connectivity index (χ0v) is 10.4. The topological polar surface area (TPSA) is 98.2 Å². The van der Waals surface area contributed by atoms with Gasteiger partial charge in [-0.25, -0.2) is 0 Å². The van der Waals surface area contributed by atoms with Crippen LogP contribution in [0.3, 0.4) is 0 Å². The zero-order chi connectivity index (χ0) is 12.8. The fourth-order valence-electron chi connectivity index (χ4n) is 2.27. The molecule has 5 nitrogen and oxygen atoms in total. The summed E-state index contributed by atoms with van der Waals surface area (Å²) in [6, 6.07) is -0.255. The van der Waals surface area contributed by atoms with E-state index in [-0.39, 0.29) is 23.8 Å². The summed E-state index contributed by atoms with van der Waals surface area (Å²) in [4.78, 5) is 22.7. The van der Waals surface area contributed by atoms with Crippen molar-refractivity contribution in [2.75, 3.05) is 0 Å². The molecule has 1 rings (SSSR count). The predicted molar refractivity (Wildman–Crippen MR) is 66.0 cm³/mol. The van der Waals surface area contributed by atoms with Gasteiger partial charge in [-0.3, -0.25) is 9.59 Å². The van der Waals surface area contributed by atoms with E-state index in [1.807, 2.05) is 6.92 Å². The van der Waals surface area contributed by atoms with Crippen molar-refractivity contribution in [3.05, 3.63) is 0 Å². The first-order valence-electron chi connectivity index (χ1n) is 6.39. The summed E-state index contributed by atoms with van der Waals surface area (Å²) < 4.78 is 0. The van der Waals surface area contributed by atoms with E-state index in [1.165, 1.54) is 0 Å². The highest BCUT2D eigenvalue weighted by Crippen LogP contribution is 2.23. The summed E-state index contributed by atoms with van der Waals surface area (Å²) in [7, 11) is 0. The van der Waals surface area contributed by atoms with Gasteiger partial charge in [0.25, 0.3) is 0 Å². The Hall–Kier alpha value is -1.10. The third-order valence-corrected chi connectivity index (χ3v) is 3.41. The van der Waals surface area contributed by atoms with Gasteiger partial charge in [0.2, 0.25) is 11.8 Å². The molecule has 0 aromatic carbocycles. The molecule has 0 radical (unpaired) electrons. The van der Waals surface area contributed by atoms with Crippen LogP contribution >= 0.6 is 0 Å². The molecule has 5 heteroatoms. The summed E-state index contributed by atoms with van der Waals surface area (Å²) in [6.45, 7) is 2.01. The minimum atomic E-state index is -0.408. The van der Waals surface area contributed by atoms with E-state index in [2.05, 4.69) is 5.32 Å². The van der Waals surface area contributed by atoms with Crippen LogP contribution < -0.4 is 16.8 Å². The molecule has 1 aliphatic rings. The third-order valence-electron chi connectivity index (χ3n) is 3.41. The number of rotatable bonds is 5. The van der Waals surface area contributed by atoms with Crippen molar-refractivity contribution in [3.63, 3.8) is 0 Å². The minimum absolute atomic E-state index is 0.0209. The number of hydrogen-bond donors (Lipinski definition) is 3. The Morgan fingerprint density at radius 3 is 2.35 bits per heavy atom. The fraction of sp³-hybridized carbons (Fsp3) is 0.833. The molecule has 2 amide bonds. The molecule has 0 aliphatic heterocycles. The van der Waals surface area contributed by atoms with Crippen molar-refractivity contribution >= 4 is 11.8 Å². The molecule has 1 saturated carbocycles. The first-order valence-corrected chi connectivity index (χ1v) is 6.39. The largest absolute Gasteiger partial charge is 0.369 e. The Morgan fingerprint density at radius 2 is 1.88 bits per heavy atom. The van der Waals surface area contributed by atoms with Crippen LogP contribution in [0.15, 0.2) is 0 Å². The van der Waals surface area contributed by atoms with Crippen LogP contribution in [-0.2, 0) is 9.59 Å².